The monoisotopic (exact) mass is 508 g/mol. The molecule has 1 heterocycles. The molecule has 3 aromatic rings. The summed E-state index contributed by atoms with van der Waals surface area (Å²) >= 11 is 1.58. The first-order valence-electron chi connectivity index (χ1n) is 10.0. The number of carboxylic acids is 1. The van der Waals surface area contributed by atoms with Crippen LogP contribution in [0.3, 0.4) is 0 Å². The van der Waals surface area contributed by atoms with E-state index in [1.165, 1.54) is 32.4 Å². The van der Waals surface area contributed by atoms with Crippen molar-refractivity contribution in [2.24, 2.45) is 0 Å². The molecule has 1 N–H and O–H groups in total. The van der Waals surface area contributed by atoms with E-state index in [9.17, 15) is 9.59 Å². The van der Waals surface area contributed by atoms with Crippen LogP contribution >= 0.6 is 11.3 Å². The minimum Gasteiger partial charge on any atom is -1.00 e. The molecule has 8 nitrogen and oxygen atoms in total. The Balaban J connectivity index is 0.00000324. The van der Waals surface area contributed by atoms with Crippen LogP contribution in [0.25, 0.3) is 16.5 Å². The molecule has 0 radical (unpaired) electrons. The largest absolute Gasteiger partial charge is 1.00 e. The van der Waals surface area contributed by atoms with E-state index in [4.69, 9.17) is 28.8 Å². The molecule has 0 unspecified atom stereocenters. The number of allylic oxidation sites excluding steroid dienone is 1. The topological polar surface area (TPSA) is 101 Å². The molecule has 0 amide bonds. The van der Waals surface area contributed by atoms with E-state index >= 15 is 0 Å². The third kappa shape index (κ3) is 6.79. The smallest absolute Gasteiger partial charge is 1.00 e. The minimum absolute atomic E-state index is 0. The third-order valence-corrected chi connectivity index (χ3v) is 5.74. The summed E-state index contributed by atoms with van der Waals surface area (Å²) in [5.41, 5.74) is 1.85. The molecule has 0 fully saturated rings. The van der Waals surface area contributed by atoms with E-state index in [0.29, 0.717) is 17.1 Å². The van der Waals surface area contributed by atoms with E-state index < -0.39 is 12.6 Å². The fourth-order valence-electron chi connectivity index (χ4n) is 3.24. The zero-order valence-electron chi connectivity index (χ0n) is 21.1. The van der Waals surface area contributed by atoms with Crippen LogP contribution in [-0.4, -0.2) is 51.9 Å². The number of ether oxygens (including phenoxy) is 5. The average molecular weight is 509 g/mol. The van der Waals surface area contributed by atoms with Crippen molar-refractivity contribution in [3.63, 3.8) is 0 Å². The van der Waals surface area contributed by atoms with Gasteiger partial charge in [-0.1, -0.05) is 6.07 Å². The molecular weight excluding hydrogens is 483 g/mol. The summed E-state index contributed by atoms with van der Waals surface area (Å²) in [6, 6.07) is 10.5. The minimum atomic E-state index is -1.15. The molecule has 0 saturated carbocycles. The summed E-state index contributed by atoms with van der Waals surface area (Å²) < 4.78 is 26.8. The van der Waals surface area contributed by atoms with Crippen molar-refractivity contribution in [2.45, 2.75) is 0 Å². The van der Waals surface area contributed by atoms with Crippen molar-refractivity contribution in [1.29, 1.82) is 0 Å². The Hall–Kier alpha value is -2.98. The molecule has 180 valence electrons. The van der Waals surface area contributed by atoms with Gasteiger partial charge < -0.3 is 30.2 Å². The summed E-state index contributed by atoms with van der Waals surface area (Å²) in [5, 5.41) is 10.9. The van der Waals surface area contributed by atoms with Gasteiger partial charge >= 0.3 is 35.5 Å². The fourth-order valence-corrected chi connectivity index (χ4v) is 3.99. The molecule has 0 aliphatic heterocycles. The Labute approximate surface area is 230 Å². The maximum atomic E-state index is 13.0. The predicted molar refractivity (Wildman–Crippen MR) is 130 cm³/mol. The Morgan fingerprint density at radius 2 is 1.57 bits per heavy atom. The molecule has 35 heavy (non-hydrogen) atoms. The van der Waals surface area contributed by atoms with Crippen LogP contribution in [0.1, 0.15) is 17.3 Å². The molecule has 0 spiro atoms. The van der Waals surface area contributed by atoms with Gasteiger partial charge in [-0.3, -0.25) is 4.79 Å². The van der Waals surface area contributed by atoms with Crippen LogP contribution < -0.4 is 53.2 Å². The van der Waals surface area contributed by atoms with Gasteiger partial charge in [0.2, 0.25) is 5.75 Å². The molecule has 0 atom stereocenters. The first-order valence-corrected chi connectivity index (χ1v) is 10.9. The maximum absolute atomic E-state index is 13.0. The normalized spacial score (nSPS) is 10.4. The van der Waals surface area contributed by atoms with Gasteiger partial charge in [0.15, 0.2) is 23.9 Å². The molecule has 10 heteroatoms. The van der Waals surface area contributed by atoms with Gasteiger partial charge in [-0.25, -0.2) is 4.79 Å². The number of aliphatic carboxylic acids is 1. The van der Waals surface area contributed by atoms with E-state index in [2.05, 4.69) is 0 Å². The maximum Gasteiger partial charge on any atom is 1.00 e. The Morgan fingerprint density at radius 1 is 0.943 bits per heavy atom. The van der Waals surface area contributed by atoms with Crippen molar-refractivity contribution < 1.29 is 69.4 Å². The summed E-state index contributed by atoms with van der Waals surface area (Å²) in [5.74, 6) is 0.200. The van der Waals surface area contributed by atoms with E-state index in [1.807, 2.05) is 23.6 Å². The number of methoxy groups -OCH3 is 4. The summed E-state index contributed by atoms with van der Waals surface area (Å²) in [6.45, 7) is -0.580. The zero-order valence-corrected chi connectivity index (χ0v) is 22.9. The van der Waals surface area contributed by atoms with E-state index in [1.54, 1.807) is 37.7 Å². The second kappa shape index (κ2) is 13.2. The van der Waals surface area contributed by atoms with Gasteiger partial charge in [0, 0.05) is 27.6 Å². The Bertz CT molecular complexity index is 1190. The number of carboxylic acid groups (broad SMARTS) is 1. The van der Waals surface area contributed by atoms with Crippen LogP contribution in [0, 0.1) is 0 Å². The van der Waals surface area contributed by atoms with Crippen LogP contribution in [0.5, 0.6) is 28.7 Å². The molecule has 0 saturated heterocycles. The van der Waals surface area contributed by atoms with Gasteiger partial charge in [0.25, 0.3) is 0 Å². The third-order valence-electron chi connectivity index (χ3n) is 4.84. The number of rotatable bonds is 11. The fraction of sp³-hybridized carbons (Fsp3) is 0.200. The number of carbonyl (C=O) groups is 2. The molecular formula is C25H25NaO8S. The van der Waals surface area contributed by atoms with Crippen LogP contribution in [-0.2, 0) is 4.79 Å². The molecule has 0 bridgehead atoms. The second-order valence-corrected chi connectivity index (χ2v) is 7.81. The number of ketones is 1. The number of hydrogen-bond donors (Lipinski definition) is 1. The van der Waals surface area contributed by atoms with Gasteiger partial charge in [-0.05, 0) is 41.8 Å². The van der Waals surface area contributed by atoms with Crippen LogP contribution in [0.15, 0.2) is 47.9 Å². The number of benzene rings is 2. The summed E-state index contributed by atoms with van der Waals surface area (Å²) in [4.78, 5) is 24.9. The first-order chi connectivity index (χ1) is 16.4. The first kappa shape index (κ1) is 28.3. The van der Waals surface area contributed by atoms with Gasteiger partial charge in [0.05, 0.1) is 28.4 Å². The summed E-state index contributed by atoms with van der Waals surface area (Å²) in [6.07, 6.45) is 3.07. The number of thiophene rings is 1. The SMILES string of the molecule is COc1cc(OC)c(-c2cccs2)cc1/C=C/C(=O)c1cc(OC)c(OCC(=O)O)c(OC)c1.[H-].[Na+]. The van der Waals surface area contributed by atoms with Crippen molar-refractivity contribution in [3.8, 4) is 39.2 Å². The molecule has 1 aromatic heterocycles. The standard InChI is InChI=1S/C25H24O8S.Na.H/c1-29-19-13-20(30-2)17(23-6-5-9-34-23)10-15(19)7-8-18(26)16-11-21(31-3)25(22(12-16)32-4)33-14-24(27)28;;/h5-13H,14H2,1-4H3,(H,27,28);;/q;+1;-1/b8-7+;;. The van der Waals surface area contributed by atoms with Crippen molar-refractivity contribution in [2.75, 3.05) is 35.0 Å². The van der Waals surface area contributed by atoms with Crippen LogP contribution in [0.2, 0.25) is 0 Å². The number of carbonyl (C=O) groups excluding carboxylic acids is 1. The predicted octanol–water partition coefficient (Wildman–Crippen LogP) is 1.93. The van der Waals surface area contributed by atoms with Gasteiger partial charge in [-0.2, -0.15) is 0 Å². The van der Waals surface area contributed by atoms with E-state index in [-0.39, 0.29) is 59.6 Å². The van der Waals surface area contributed by atoms with Crippen molar-refractivity contribution in [1.82, 2.24) is 0 Å². The number of hydrogen-bond acceptors (Lipinski definition) is 8. The van der Waals surface area contributed by atoms with Crippen molar-refractivity contribution in [3.05, 3.63) is 59.0 Å². The Morgan fingerprint density at radius 3 is 2.09 bits per heavy atom. The van der Waals surface area contributed by atoms with E-state index in [0.717, 1.165) is 10.4 Å². The summed E-state index contributed by atoms with van der Waals surface area (Å²) in [7, 11) is 5.92. The quantitative estimate of drug-likeness (QED) is 0.238. The molecule has 0 aliphatic rings. The van der Waals surface area contributed by atoms with Crippen LogP contribution in [0.4, 0.5) is 0 Å². The van der Waals surface area contributed by atoms with Crippen molar-refractivity contribution >= 4 is 29.2 Å². The second-order valence-electron chi connectivity index (χ2n) is 6.86. The van der Waals surface area contributed by atoms with Gasteiger partial charge in [-0.15, -0.1) is 11.3 Å². The zero-order chi connectivity index (χ0) is 24.7. The Kier molecular flexibility index (Phi) is 10.7. The molecule has 0 aliphatic carbocycles. The average Bonchev–Trinajstić information content (AvgIpc) is 3.39. The molecule has 3 rings (SSSR count). The van der Waals surface area contributed by atoms with Gasteiger partial charge in [0.1, 0.15) is 11.5 Å². The molecule has 2 aromatic carbocycles.